The van der Waals surface area contributed by atoms with Gasteiger partial charge in [0, 0.05) is 35.8 Å². The Morgan fingerprint density at radius 2 is 1.76 bits per heavy atom. The summed E-state index contributed by atoms with van der Waals surface area (Å²) in [4.78, 5) is 32.7. The van der Waals surface area contributed by atoms with Crippen molar-refractivity contribution in [1.82, 2.24) is 14.5 Å². The van der Waals surface area contributed by atoms with Crippen molar-refractivity contribution in [3.8, 4) is 5.95 Å². The van der Waals surface area contributed by atoms with E-state index in [1.165, 1.54) is 6.07 Å². The zero-order chi connectivity index (χ0) is 24.4. The summed E-state index contributed by atoms with van der Waals surface area (Å²) in [6.07, 6.45) is 0. The fraction of sp³-hybridized carbons (Fsp3) is 0.0909. The predicted molar refractivity (Wildman–Crippen MR) is 127 cm³/mol. The van der Waals surface area contributed by atoms with Gasteiger partial charge in [-0.1, -0.05) is 30.3 Å². The SMILES string of the molecule is NCc1cc2c(C(N)=O)cccc2n1-c1nc(NCc2cccc(B(O)O)c2)cc(C(N)=O)n1. The van der Waals surface area contributed by atoms with Crippen molar-refractivity contribution < 1.29 is 19.6 Å². The topological polar surface area (TPSA) is 195 Å². The molecule has 172 valence electrons. The van der Waals surface area contributed by atoms with Crippen LogP contribution in [-0.2, 0) is 13.1 Å². The molecule has 0 aliphatic heterocycles. The van der Waals surface area contributed by atoms with Crippen molar-refractivity contribution in [2.45, 2.75) is 13.1 Å². The van der Waals surface area contributed by atoms with Crippen LogP contribution in [0.4, 0.5) is 5.82 Å². The Balaban J connectivity index is 1.79. The second-order valence-corrected chi connectivity index (χ2v) is 7.55. The highest BCUT2D eigenvalue weighted by Crippen LogP contribution is 2.26. The number of nitrogens with two attached hydrogens (primary N) is 3. The first-order valence-electron chi connectivity index (χ1n) is 10.3. The van der Waals surface area contributed by atoms with Gasteiger partial charge in [0.05, 0.1) is 5.52 Å². The lowest BCUT2D eigenvalue weighted by atomic mass is 9.80. The van der Waals surface area contributed by atoms with Crippen molar-refractivity contribution in [2.24, 2.45) is 17.2 Å². The number of anilines is 1. The van der Waals surface area contributed by atoms with E-state index >= 15 is 0 Å². The van der Waals surface area contributed by atoms with E-state index in [1.54, 1.807) is 53.1 Å². The van der Waals surface area contributed by atoms with Gasteiger partial charge in [-0.3, -0.25) is 14.2 Å². The average molecular weight is 459 g/mol. The highest BCUT2D eigenvalue weighted by atomic mass is 16.4. The highest BCUT2D eigenvalue weighted by Gasteiger charge is 2.19. The van der Waals surface area contributed by atoms with Crippen LogP contribution in [0.15, 0.2) is 54.6 Å². The fourth-order valence-electron chi connectivity index (χ4n) is 3.69. The number of nitrogens with one attached hydrogen (secondary N) is 1. The van der Waals surface area contributed by atoms with Gasteiger partial charge < -0.3 is 32.6 Å². The number of primary amides is 2. The first-order valence-corrected chi connectivity index (χ1v) is 10.3. The molecule has 0 atom stereocenters. The molecule has 2 heterocycles. The first-order chi connectivity index (χ1) is 16.3. The monoisotopic (exact) mass is 459 g/mol. The molecule has 0 spiro atoms. The molecule has 0 unspecified atom stereocenters. The molecule has 12 heteroatoms. The number of nitrogens with zero attached hydrogens (tertiary/aromatic N) is 3. The van der Waals surface area contributed by atoms with Crippen LogP contribution < -0.4 is 28.0 Å². The predicted octanol–water partition coefficient (Wildman–Crippen LogP) is -0.631. The molecule has 4 rings (SSSR count). The largest absolute Gasteiger partial charge is 0.488 e. The van der Waals surface area contributed by atoms with Crippen LogP contribution in [0.5, 0.6) is 0 Å². The van der Waals surface area contributed by atoms with E-state index in [0.29, 0.717) is 33.4 Å². The minimum atomic E-state index is -1.59. The third kappa shape index (κ3) is 4.45. The van der Waals surface area contributed by atoms with Gasteiger partial charge in [-0.05, 0) is 29.2 Å². The minimum absolute atomic E-state index is 0.0251. The van der Waals surface area contributed by atoms with Crippen molar-refractivity contribution in [3.05, 3.63) is 77.1 Å². The molecule has 0 radical (unpaired) electrons. The quantitative estimate of drug-likeness (QED) is 0.187. The molecular weight excluding hydrogens is 437 g/mol. The third-order valence-corrected chi connectivity index (χ3v) is 5.29. The van der Waals surface area contributed by atoms with Gasteiger partial charge in [-0.25, -0.2) is 4.98 Å². The summed E-state index contributed by atoms with van der Waals surface area (Å²) in [6.45, 7) is 0.382. The molecule has 4 aromatic rings. The molecule has 9 N–H and O–H groups in total. The van der Waals surface area contributed by atoms with Gasteiger partial charge in [0.25, 0.3) is 5.91 Å². The second kappa shape index (κ2) is 9.31. The van der Waals surface area contributed by atoms with E-state index in [4.69, 9.17) is 17.2 Å². The van der Waals surface area contributed by atoms with E-state index in [2.05, 4.69) is 15.3 Å². The number of benzene rings is 2. The van der Waals surface area contributed by atoms with E-state index in [9.17, 15) is 19.6 Å². The van der Waals surface area contributed by atoms with Gasteiger partial charge in [0.2, 0.25) is 11.9 Å². The van der Waals surface area contributed by atoms with E-state index < -0.39 is 18.9 Å². The molecule has 34 heavy (non-hydrogen) atoms. The van der Waals surface area contributed by atoms with E-state index in [-0.39, 0.29) is 24.7 Å². The fourth-order valence-corrected chi connectivity index (χ4v) is 3.69. The zero-order valence-corrected chi connectivity index (χ0v) is 18.0. The molecule has 0 aliphatic carbocycles. The molecule has 0 saturated heterocycles. The summed E-state index contributed by atoms with van der Waals surface area (Å²) in [5, 5.41) is 22.4. The highest BCUT2D eigenvalue weighted by molar-refractivity contribution is 6.58. The van der Waals surface area contributed by atoms with Crippen LogP contribution in [0.25, 0.3) is 16.9 Å². The maximum Gasteiger partial charge on any atom is 0.488 e. The van der Waals surface area contributed by atoms with Gasteiger partial charge >= 0.3 is 7.12 Å². The van der Waals surface area contributed by atoms with Crippen LogP contribution >= 0.6 is 0 Å². The molecule has 2 amide bonds. The number of carbonyl (C=O) groups is 2. The maximum absolute atomic E-state index is 12.0. The zero-order valence-electron chi connectivity index (χ0n) is 18.0. The van der Waals surface area contributed by atoms with Gasteiger partial charge in [-0.2, -0.15) is 4.98 Å². The van der Waals surface area contributed by atoms with E-state index in [0.717, 1.165) is 5.56 Å². The van der Waals surface area contributed by atoms with E-state index in [1.807, 2.05) is 0 Å². The lowest BCUT2D eigenvalue weighted by molar-refractivity contribution is 0.0989. The number of carbonyl (C=O) groups excluding carboxylic acids is 2. The number of rotatable bonds is 8. The molecule has 0 bridgehead atoms. The number of aromatic nitrogens is 3. The third-order valence-electron chi connectivity index (χ3n) is 5.29. The van der Waals surface area contributed by atoms with Gasteiger partial charge in [0.15, 0.2) is 0 Å². The Hall–Kier alpha value is -4.26. The number of hydrogen-bond acceptors (Lipinski definition) is 8. The number of hydrogen-bond donors (Lipinski definition) is 6. The normalized spacial score (nSPS) is 10.9. The molecule has 0 saturated carbocycles. The summed E-state index contributed by atoms with van der Waals surface area (Å²) in [7, 11) is -1.59. The van der Waals surface area contributed by atoms with Gasteiger partial charge in [0.1, 0.15) is 11.5 Å². The summed E-state index contributed by atoms with van der Waals surface area (Å²) >= 11 is 0. The lowest BCUT2D eigenvalue weighted by Gasteiger charge is -2.13. The average Bonchev–Trinajstić information content (AvgIpc) is 3.21. The number of fused-ring (bicyclic) bond motifs is 1. The Morgan fingerprint density at radius 3 is 2.44 bits per heavy atom. The van der Waals surface area contributed by atoms with Crippen LogP contribution in [0.1, 0.15) is 32.1 Å². The molecular formula is C22H22BN7O4. The Morgan fingerprint density at radius 1 is 1.00 bits per heavy atom. The van der Waals surface area contributed by atoms with Crippen LogP contribution in [0, 0.1) is 0 Å². The van der Waals surface area contributed by atoms with Crippen molar-refractivity contribution in [1.29, 1.82) is 0 Å². The smallest absolute Gasteiger partial charge is 0.423 e. The summed E-state index contributed by atoms with van der Waals surface area (Å²) in [5.41, 5.74) is 19.6. The Kier molecular flexibility index (Phi) is 6.28. The summed E-state index contributed by atoms with van der Waals surface area (Å²) in [6, 6.07) is 14.9. The van der Waals surface area contributed by atoms with Crippen LogP contribution in [0.3, 0.4) is 0 Å². The molecule has 0 fully saturated rings. The number of amides is 2. The minimum Gasteiger partial charge on any atom is -0.423 e. The molecule has 2 aromatic carbocycles. The molecule has 2 aromatic heterocycles. The molecule has 0 aliphatic rings. The van der Waals surface area contributed by atoms with Crippen molar-refractivity contribution in [2.75, 3.05) is 5.32 Å². The first kappa shape index (κ1) is 22.9. The van der Waals surface area contributed by atoms with Crippen molar-refractivity contribution in [3.63, 3.8) is 0 Å². The Bertz CT molecular complexity index is 1400. The Labute approximate surface area is 194 Å². The van der Waals surface area contributed by atoms with Gasteiger partial charge in [-0.15, -0.1) is 0 Å². The lowest BCUT2D eigenvalue weighted by Crippen LogP contribution is -2.30. The second-order valence-electron chi connectivity index (χ2n) is 7.55. The molecule has 11 nitrogen and oxygen atoms in total. The summed E-state index contributed by atoms with van der Waals surface area (Å²) < 4.78 is 1.64. The van der Waals surface area contributed by atoms with Crippen LogP contribution in [-0.4, -0.2) is 43.5 Å². The van der Waals surface area contributed by atoms with Crippen LogP contribution in [0.2, 0.25) is 0 Å². The van der Waals surface area contributed by atoms with Crippen molar-refractivity contribution >= 4 is 41.1 Å². The standard InChI is InChI=1S/C22H22BN7O4/c24-10-14-8-16-15(20(25)31)5-2-6-18(16)30(14)22-28-17(21(26)32)9-19(29-22)27-11-12-3-1-4-13(7-12)23(33)34/h1-9,33-34H,10-11,24H2,(H2,25,31)(H2,26,32)(H,27,28,29). The maximum atomic E-state index is 12.0. The summed E-state index contributed by atoms with van der Waals surface area (Å²) in [5.74, 6) is -0.892.